The molecule has 112 valence electrons. The molecule has 0 saturated heterocycles. The van der Waals surface area contributed by atoms with Crippen LogP contribution in [0, 0.1) is 10.8 Å². The Morgan fingerprint density at radius 1 is 1.05 bits per heavy atom. The molecule has 2 atom stereocenters. The quantitative estimate of drug-likeness (QED) is 0.489. The summed E-state index contributed by atoms with van der Waals surface area (Å²) in [4.78, 5) is 0. The van der Waals surface area contributed by atoms with Crippen LogP contribution >= 0.6 is 0 Å². The summed E-state index contributed by atoms with van der Waals surface area (Å²) in [6.07, 6.45) is 2.11. The maximum atomic E-state index is 9.79. The monoisotopic (exact) mass is 291 g/mol. The van der Waals surface area contributed by atoms with Crippen LogP contribution in [0.25, 0.3) is 0 Å². The van der Waals surface area contributed by atoms with Gasteiger partial charge >= 0.3 is 0 Å². The molecule has 2 aromatic carbocycles. The fourth-order valence-electron chi connectivity index (χ4n) is 4.91. The minimum atomic E-state index is -0.0442. The molecule has 0 aromatic heterocycles. The molecule has 2 aliphatic rings. The van der Waals surface area contributed by atoms with Crippen LogP contribution in [-0.2, 0) is 6.42 Å². The van der Waals surface area contributed by atoms with Crippen LogP contribution in [0.15, 0.2) is 59.8 Å². The predicted octanol–water partition coefficient (Wildman–Crippen LogP) is 4.62. The maximum Gasteiger partial charge on any atom is 0.0941 e. The van der Waals surface area contributed by atoms with Gasteiger partial charge in [0.15, 0.2) is 0 Å². The minimum Gasteiger partial charge on any atom is -0.411 e. The van der Waals surface area contributed by atoms with E-state index in [9.17, 15) is 5.21 Å². The number of fused-ring (bicyclic) bond motifs is 3. The normalized spacial score (nSPS) is 28.6. The molecular weight excluding hydrogens is 270 g/mol. The van der Waals surface area contributed by atoms with Crippen molar-refractivity contribution in [2.24, 2.45) is 16.0 Å². The molecule has 4 rings (SSSR count). The van der Waals surface area contributed by atoms with E-state index in [0.29, 0.717) is 5.92 Å². The fourth-order valence-corrected chi connectivity index (χ4v) is 4.91. The van der Waals surface area contributed by atoms with E-state index < -0.39 is 0 Å². The van der Waals surface area contributed by atoms with Gasteiger partial charge in [0.2, 0.25) is 0 Å². The molecular formula is C20H21NO. The van der Waals surface area contributed by atoms with Crippen LogP contribution in [-0.4, -0.2) is 10.9 Å². The predicted molar refractivity (Wildman–Crippen MR) is 88.5 cm³/mol. The number of aryl methyl sites for hydroxylation is 1. The molecule has 0 radical (unpaired) electrons. The first kappa shape index (κ1) is 13.6. The third kappa shape index (κ3) is 1.53. The molecule has 0 bridgehead atoms. The molecule has 1 fully saturated rings. The van der Waals surface area contributed by atoms with Crippen LogP contribution in [0.1, 0.15) is 42.9 Å². The van der Waals surface area contributed by atoms with Gasteiger partial charge in [-0.05, 0) is 34.9 Å². The second-order valence-electron chi connectivity index (χ2n) is 7.14. The molecule has 2 nitrogen and oxygen atoms in total. The van der Waals surface area contributed by atoms with Crippen LogP contribution < -0.4 is 0 Å². The number of hydrogen-bond donors (Lipinski definition) is 1. The minimum absolute atomic E-state index is 0.0442. The molecule has 0 amide bonds. The summed E-state index contributed by atoms with van der Waals surface area (Å²) in [6.45, 7) is 4.63. The largest absolute Gasteiger partial charge is 0.411 e. The van der Waals surface area contributed by atoms with Crippen molar-refractivity contribution in [2.75, 3.05) is 0 Å². The zero-order valence-corrected chi connectivity index (χ0v) is 13.1. The van der Waals surface area contributed by atoms with Gasteiger partial charge in [-0.2, -0.15) is 0 Å². The summed E-state index contributed by atoms with van der Waals surface area (Å²) >= 11 is 0. The Bertz CT molecular complexity index is 747. The standard InChI is InChI=1S/C20H21NO/c1-19(2)17-16-11-7-6-8-14(16)12-13-20(17,19)18(21-22)15-9-4-3-5-10-15/h3-11,17,22H,12-13H2,1-2H3/b21-18+. The summed E-state index contributed by atoms with van der Waals surface area (Å²) < 4.78 is 0. The topological polar surface area (TPSA) is 32.6 Å². The lowest BCUT2D eigenvalue weighted by Gasteiger charge is -2.26. The molecule has 2 heteroatoms. The molecule has 0 heterocycles. The van der Waals surface area contributed by atoms with Gasteiger partial charge in [-0.3, -0.25) is 0 Å². The molecule has 2 aliphatic carbocycles. The van der Waals surface area contributed by atoms with E-state index in [1.807, 2.05) is 18.2 Å². The Hall–Kier alpha value is -2.09. The van der Waals surface area contributed by atoms with E-state index in [0.717, 1.165) is 24.1 Å². The van der Waals surface area contributed by atoms with E-state index in [2.05, 4.69) is 55.4 Å². The van der Waals surface area contributed by atoms with Crippen molar-refractivity contribution < 1.29 is 5.21 Å². The van der Waals surface area contributed by atoms with Crippen molar-refractivity contribution >= 4 is 5.71 Å². The highest BCUT2D eigenvalue weighted by Gasteiger charge is 2.74. The van der Waals surface area contributed by atoms with Gasteiger partial charge in [0.25, 0.3) is 0 Å². The summed E-state index contributed by atoms with van der Waals surface area (Å²) in [5.41, 5.74) is 4.88. The SMILES string of the molecule is CC1(C)C2c3ccccc3CCC21/C(=N/O)c1ccccc1. The number of hydrogen-bond acceptors (Lipinski definition) is 2. The first-order valence-electron chi connectivity index (χ1n) is 7.98. The van der Waals surface area contributed by atoms with E-state index in [-0.39, 0.29) is 10.8 Å². The number of benzene rings is 2. The molecule has 1 N–H and O–H groups in total. The van der Waals surface area contributed by atoms with Gasteiger partial charge in [-0.1, -0.05) is 73.6 Å². The van der Waals surface area contributed by atoms with Gasteiger partial charge in [0.05, 0.1) is 5.71 Å². The Balaban J connectivity index is 1.86. The van der Waals surface area contributed by atoms with Crippen LogP contribution in [0.2, 0.25) is 0 Å². The van der Waals surface area contributed by atoms with E-state index in [4.69, 9.17) is 0 Å². The number of nitrogens with zero attached hydrogens (tertiary/aromatic N) is 1. The number of oxime groups is 1. The van der Waals surface area contributed by atoms with E-state index >= 15 is 0 Å². The molecule has 0 aliphatic heterocycles. The summed E-state index contributed by atoms with van der Waals surface area (Å²) in [5.74, 6) is 0.441. The second kappa shape index (κ2) is 4.45. The average Bonchev–Trinajstić information content (AvgIpc) is 3.06. The summed E-state index contributed by atoms with van der Waals surface area (Å²) in [6, 6.07) is 18.9. The maximum absolute atomic E-state index is 9.79. The lowest BCUT2D eigenvalue weighted by Crippen LogP contribution is -2.26. The van der Waals surface area contributed by atoms with Gasteiger partial charge in [-0.25, -0.2) is 0 Å². The van der Waals surface area contributed by atoms with E-state index in [1.165, 1.54) is 11.1 Å². The molecule has 22 heavy (non-hydrogen) atoms. The number of rotatable bonds is 2. The highest BCUT2D eigenvalue weighted by molar-refractivity contribution is 6.08. The van der Waals surface area contributed by atoms with Gasteiger partial charge in [0.1, 0.15) is 0 Å². The third-order valence-corrected chi connectivity index (χ3v) is 6.01. The summed E-state index contributed by atoms with van der Waals surface area (Å²) in [5, 5.41) is 13.6. The average molecular weight is 291 g/mol. The lowest BCUT2D eigenvalue weighted by atomic mass is 9.77. The van der Waals surface area contributed by atoms with Crippen molar-refractivity contribution in [1.82, 2.24) is 0 Å². The first-order chi connectivity index (χ1) is 10.6. The van der Waals surface area contributed by atoms with Gasteiger partial charge < -0.3 is 5.21 Å². The zero-order chi connectivity index (χ0) is 15.4. The van der Waals surface area contributed by atoms with Crippen molar-refractivity contribution in [2.45, 2.75) is 32.6 Å². The van der Waals surface area contributed by atoms with Crippen LogP contribution in [0.3, 0.4) is 0 Å². The van der Waals surface area contributed by atoms with Crippen molar-refractivity contribution in [3.8, 4) is 0 Å². The van der Waals surface area contributed by atoms with Gasteiger partial charge in [0, 0.05) is 11.3 Å². The van der Waals surface area contributed by atoms with Crippen molar-refractivity contribution in [3.05, 3.63) is 71.3 Å². The van der Waals surface area contributed by atoms with Gasteiger partial charge in [-0.15, -0.1) is 0 Å². The van der Waals surface area contributed by atoms with E-state index in [1.54, 1.807) is 0 Å². The smallest absolute Gasteiger partial charge is 0.0941 e. The Morgan fingerprint density at radius 2 is 1.73 bits per heavy atom. The second-order valence-corrected chi connectivity index (χ2v) is 7.14. The molecule has 1 saturated carbocycles. The van der Waals surface area contributed by atoms with Crippen molar-refractivity contribution in [1.29, 1.82) is 0 Å². The Morgan fingerprint density at radius 3 is 2.45 bits per heavy atom. The fraction of sp³-hybridized carbons (Fsp3) is 0.350. The highest BCUT2D eigenvalue weighted by Crippen LogP contribution is 2.78. The molecule has 2 unspecified atom stereocenters. The summed E-state index contributed by atoms with van der Waals surface area (Å²) in [7, 11) is 0. The highest BCUT2D eigenvalue weighted by atomic mass is 16.4. The Kier molecular flexibility index (Phi) is 2.75. The lowest BCUT2D eigenvalue weighted by molar-refractivity contribution is 0.309. The van der Waals surface area contributed by atoms with Crippen LogP contribution in [0.5, 0.6) is 0 Å². The molecule has 0 spiro atoms. The van der Waals surface area contributed by atoms with Crippen LogP contribution in [0.4, 0.5) is 0 Å². The third-order valence-electron chi connectivity index (χ3n) is 6.01. The first-order valence-corrected chi connectivity index (χ1v) is 7.98. The van der Waals surface area contributed by atoms with Crippen molar-refractivity contribution in [3.63, 3.8) is 0 Å². The zero-order valence-electron chi connectivity index (χ0n) is 13.1. The molecule has 2 aromatic rings. The Labute approximate surface area is 131 Å².